The summed E-state index contributed by atoms with van der Waals surface area (Å²) in [5, 5.41) is 12.8. The summed E-state index contributed by atoms with van der Waals surface area (Å²) in [7, 11) is 0. The van der Waals surface area contributed by atoms with E-state index in [0.29, 0.717) is 6.04 Å². The van der Waals surface area contributed by atoms with Crippen LogP contribution in [0.3, 0.4) is 0 Å². The van der Waals surface area contributed by atoms with Crippen LogP contribution < -0.4 is 10.1 Å². The molecular weight excluding hydrogens is 250 g/mol. The van der Waals surface area contributed by atoms with Crippen LogP contribution >= 0.6 is 0 Å². The van der Waals surface area contributed by atoms with Gasteiger partial charge in [-0.05, 0) is 31.7 Å². The minimum Gasteiger partial charge on any atom is -0.487 e. The molecule has 3 nitrogen and oxygen atoms in total. The quantitative estimate of drug-likeness (QED) is 0.868. The normalized spacial score (nSPS) is 21.1. The van der Waals surface area contributed by atoms with Crippen LogP contribution in [0.5, 0.6) is 5.75 Å². The van der Waals surface area contributed by atoms with E-state index in [9.17, 15) is 0 Å². The molecule has 1 heterocycles. The van der Waals surface area contributed by atoms with E-state index in [2.05, 4.69) is 45.1 Å². The molecular formula is C17H27NO2. The van der Waals surface area contributed by atoms with E-state index in [0.717, 1.165) is 25.1 Å². The van der Waals surface area contributed by atoms with Crippen LogP contribution in [0.1, 0.15) is 52.1 Å². The first-order valence-corrected chi connectivity index (χ1v) is 7.45. The Bertz CT molecular complexity index is 454. The van der Waals surface area contributed by atoms with Crippen molar-refractivity contribution in [1.29, 1.82) is 0 Å². The van der Waals surface area contributed by atoms with Crippen molar-refractivity contribution in [1.82, 2.24) is 5.32 Å². The molecule has 1 aliphatic rings. The van der Waals surface area contributed by atoms with Gasteiger partial charge in [0.05, 0.1) is 0 Å². The number of aliphatic hydroxyl groups excluding tert-OH is 1. The van der Waals surface area contributed by atoms with Crippen molar-refractivity contribution in [2.75, 3.05) is 13.2 Å². The largest absolute Gasteiger partial charge is 0.487 e. The van der Waals surface area contributed by atoms with Gasteiger partial charge in [0.2, 0.25) is 0 Å². The number of nitrogens with one attached hydrogen (secondary N) is 1. The van der Waals surface area contributed by atoms with Gasteiger partial charge in [-0.2, -0.15) is 0 Å². The SMILES string of the molecule is CC(C)(CCO)CNC1CC(C)(C)Oc2ccccc21. The molecule has 2 N–H and O–H groups in total. The summed E-state index contributed by atoms with van der Waals surface area (Å²) in [6, 6.07) is 8.58. The minimum absolute atomic E-state index is 0.103. The van der Waals surface area contributed by atoms with Gasteiger partial charge in [0, 0.05) is 31.2 Å². The maximum absolute atomic E-state index is 9.13. The molecule has 1 aromatic rings. The molecule has 2 rings (SSSR count). The summed E-state index contributed by atoms with van der Waals surface area (Å²) >= 11 is 0. The van der Waals surface area contributed by atoms with Gasteiger partial charge in [-0.15, -0.1) is 0 Å². The Balaban J connectivity index is 2.11. The molecule has 0 aromatic heterocycles. The third-order valence-corrected chi connectivity index (χ3v) is 3.99. The van der Waals surface area contributed by atoms with Crippen LogP contribution in [0.4, 0.5) is 0 Å². The molecule has 1 aromatic carbocycles. The van der Waals surface area contributed by atoms with Gasteiger partial charge in [0.25, 0.3) is 0 Å². The summed E-state index contributed by atoms with van der Waals surface area (Å²) in [5.41, 5.74) is 1.20. The lowest BCUT2D eigenvalue weighted by atomic mass is 9.86. The smallest absolute Gasteiger partial charge is 0.124 e. The van der Waals surface area contributed by atoms with Crippen LogP contribution in [-0.4, -0.2) is 23.9 Å². The first-order valence-electron chi connectivity index (χ1n) is 7.45. The molecule has 112 valence electrons. The number of benzene rings is 1. The van der Waals surface area contributed by atoms with E-state index in [4.69, 9.17) is 9.84 Å². The first kappa shape index (κ1) is 15.3. The number of aliphatic hydroxyl groups is 1. The van der Waals surface area contributed by atoms with Crippen molar-refractivity contribution in [2.45, 2.75) is 52.2 Å². The maximum Gasteiger partial charge on any atom is 0.124 e. The summed E-state index contributed by atoms with van der Waals surface area (Å²) in [4.78, 5) is 0. The Morgan fingerprint density at radius 3 is 2.75 bits per heavy atom. The molecule has 0 bridgehead atoms. The molecule has 20 heavy (non-hydrogen) atoms. The highest BCUT2D eigenvalue weighted by Gasteiger charge is 2.34. The molecule has 0 aliphatic carbocycles. The van der Waals surface area contributed by atoms with Crippen LogP contribution in [0.15, 0.2) is 24.3 Å². The van der Waals surface area contributed by atoms with Crippen molar-refractivity contribution in [3.05, 3.63) is 29.8 Å². The number of fused-ring (bicyclic) bond motifs is 1. The Labute approximate surface area is 122 Å². The average molecular weight is 277 g/mol. The maximum atomic E-state index is 9.13. The van der Waals surface area contributed by atoms with Crippen molar-refractivity contribution in [3.63, 3.8) is 0 Å². The minimum atomic E-state index is -0.146. The first-order chi connectivity index (χ1) is 9.33. The third kappa shape index (κ3) is 3.74. The molecule has 0 radical (unpaired) electrons. The predicted octanol–water partition coefficient (Wildman–Crippen LogP) is 3.29. The zero-order valence-corrected chi connectivity index (χ0v) is 13.1. The summed E-state index contributed by atoms with van der Waals surface area (Å²) < 4.78 is 6.05. The lowest BCUT2D eigenvalue weighted by Gasteiger charge is -2.39. The van der Waals surface area contributed by atoms with Gasteiger partial charge >= 0.3 is 0 Å². The van der Waals surface area contributed by atoms with E-state index >= 15 is 0 Å². The van der Waals surface area contributed by atoms with Crippen molar-refractivity contribution in [3.8, 4) is 5.75 Å². The van der Waals surface area contributed by atoms with E-state index < -0.39 is 0 Å². The summed E-state index contributed by atoms with van der Waals surface area (Å²) in [5.74, 6) is 0.987. The molecule has 1 aliphatic heterocycles. The fourth-order valence-electron chi connectivity index (χ4n) is 2.77. The molecule has 1 atom stereocenters. The average Bonchev–Trinajstić information content (AvgIpc) is 2.34. The molecule has 0 saturated heterocycles. The van der Waals surface area contributed by atoms with Crippen molar-refractivity contribution in [2.24, 2.45) is 5.41 Å². The van der Waals surface area contributed by atoms with Gasteiger partial charge in [-0.25, -0.2) is 0 Å². The Kier molecular flexibility index (Phi) is 4.40. The fourth-order valence-corrected chi connectivity index (χ4v) is 2.77. The number of hydrogen-bond acceptors (Lipinski definition) is 3. The van der Waals surface area contributed by atoms with Gasteiger partial charge in [-0.1, -0.05) is 32.0 Å². The number of rotatable bonds is 5. The zero-order chi connectivity index (χ0) is 14.8. The van der Waals surface area contributed by atoms with Gasteiger partial charge in [0.1, 0.15) is 11.4 Å². The van der Waals surface area contributed by atoms with Gasteiger partial charge < -0.3 is 15.2 Å². The molecule has 0 fully saturated rings. The second-order valence-electron chi connectivity index (χ2n) is 7.18. The molecule has 1 unspecified atom stereocenters. The monoisotopic (exact) mass is 277 g/mol. The highest BCUT2D eigenvalue weighted by Crippen LogP contribution is 2.39. The van der Waals surface area contributed by atoms with Crippen LogP contribution in [0.2, 0.25) is 0 Å². The van der Waals surface area contributed by atoms with Crippen LogP contribution in [-0.2, 0) is 0 Å². The molecule has 0 amide bonds. The van der Waals surface area contributed by atoms with E-state index in [1.54, 1.807) is 0 Å². The lowest BCUT2D eigenvalue weighted by molar-refractivity contribution is 0.0630. The molecule has 0 saturated carbocycles. The lowest BCUT2D eigenvalue weighted by Crippen LogP contribution is -2.42. The van der Waals surface area contributed by atoms with Crippen molar-refractivity contribution < 1.29 is 9.84 Å². The Morgan fingerprint density at radius 2 is 2.05 bits per heavy atom. The van der Waals surface area contributed by atoms with E-state index in [1.165, 1.54) is 5.56 Å². The topological polar surface area (TPSA) is 41.5 Å². The summed E-state index contributed by atoms with van der Waals surface area (Å²) in [6.45, 7) is 9.78. The third-order valence-electron chi connectivity index (χ3n) is 3.99. The second kappa shape index (κ2) is 5.74. The predicted molar refractivity (Wildman–Crippen MR) is 82.0 cm³/mol. The number of ether oxygens (including phenoxy) is 1. The number of para-hydroxylation sites is 1. The fraction of sp³-hybridized carbons (Fsp3) is 0.647. The van der Waals surface area contributed by atoms with Crippen molar-refractivity contribution >= 4 is 0 Å². The van der Waals surface area contributed by atoms with Crippen LogP contribution in [0.25, 0.3) is 0 Å². The number of hydrogen-bond donors (Lipinski definition) is 2. The summed E-state index contributed by atoms with van der Waals surface area (Å²) in [6.07, 6.45) is 1.77. The highest BCUT2D eigenvalue weighted by atomic mass is 16.5. The van der Waals surface area contributed by atoms with E-state index in [-0.39, 0.29) is 17.6 Å². The second-order valence-corrected chi connectivity index (χ2v) is 7.18. The van der Waals surface area contributed by atoms with Gasteiger partial charge in [-0.3, -0.25) is 0 Å². The van der Waals surface area contributed by atoms with E-state index in [1.807, 2.05) is 12.1 Å². The standard InChI is InChI=1S/C17H27NO2/c1-16(2,9-10-19)12-18-14-11-17(3,4)20-15-8-6-5-7-13(14)15/h5-8,14,18-19H,9-12H2,1-4H3. The highest BCUT2D eigenvalue weighted by molar-refractivity contribution is 5.38. The van der Waals surface area contributed by atoms with Gasteiger partial charge in [0.15, 0.2) is 0 Å². The van der Waals surface area contributed by atoms with Crippen LogP contribution in [0, 0.1) is 5.41 Å². The Morgan fingerprint density at radius 1 is 1.35 bits per heavy atom. The molecule has 3 heteroatoms. The molecule has 0 spiro atoms. The Hall–Kier alpha value is -1.06. The zero-order valence-electron chi connectivity index (χ0n) is 13.1.